The Bertz CT molecular complexity index is 410. The number of nitriles is 1. The first-order valence-electron chi connectivity index (χ1n) is 4.47. The van der Waals surface area contributed by atoms with Crippen LogP contribution in [0.15, 0.2) is 22.7 Å². The van der Waals surface area contributed by atoms with Crippen LogP contribution in [0.25, 0.3) is 0 Å². The summed E-state index contributed by atoms with van der Waals surface area (Å²) in [6.45, 7) is 0. The van der Waals surface area contributed by atoms with Gasteiger partial charge in [0.2, 0.25) is 0 Å². The van der Waals surface area contributed by atoms with Crippen molar-refractivity contribution in [3.8, 4) is 6.07 Å². The van der Waals surface area contributed by atoms with Crippen molar-refractivity contribution in [1.82, 2.24) is 0 Å². The maximum Gasteiger partial charge on any atom is 0.179 e. The SMILES string of the molecule is COC1(C#N)CCc2ccc(Br)cc21. The predicted octanol–water partition coefficient (Wildman–Crippen LogP) is 2.76. The highest BCUT2D eigenvalue weighted by Gasteiger charge is 2.39. The van der Waals surface area contributed by atoms with Crippen LogP contribution in [0.1, 0.15) is 17.5 Å². The molecule has 0 fully saturated rings. The highest BCUT2D eigenvalue weighted by atomic mass is 79.9. The van der Waals surface area contributed by atoms with Crippen molar-refractivity contribution in [2.45, 2.75) is 18.4 Å². The summed E-state index contributed by atoms with van der Waals surface area (Å²) in [4.78, 5) is 0. The van der Waals surface area contributed by atoms with Gasteiger partial charge >= 0.3 is 0 Å². The van der Waals surface area contributed by atoms with Crippen molar-refractivity contribution in [3.05, 3.63) is 33.8 Å². The van der Waals surface area contributed by atoms with E-state index >= 15 is 0 Å². The Balaban J connectivity index is 2.58. The number of ether oxygens (including phenoxy) is 1. The molecule has 0 spiro atoms. The molecule has 1 unspecified atom stereocenters. The second-order valence-corrected chi connectivity index (χ2v) is 4.36. The lowest BCUT2D eigenvalue weighted by molar-refractivity contribution is 0.0379. The molecule has 1 aliphatic carbocycles. The molecule has 1 aliphatic rings. The van der Waals surface area contributed by atoms with Gasteiger partial charge in [0.25, 0.3) is 0 Å². The van der Waals surface area contributed by atoms with E-state index in [1.165, 1.54) is 5.56 Å². The summed E-state index contributed by atoms with van der Waals surface area (Å²) in [6.07, 6.45) is 1.68. The van der Waals surface area contributed by atoms with Gasteiger partial charge in [-0.3, -0.25) is 0 Å². The molecule has 0 aliphatic heterocycles. The zero-order valence-electron chi connectivity index (χ0n) is 7.88. The third kappa shape index (κ3) is 1.26. The lowest BCUT2D eigenvalue weighted by atomic mass is 9.98. The minimum Gasteiger partial charge on any atom is -0.359 e. The van der Waals surface area contributed by atoms with Crippen LogP contribution >= 0.6 is 15.9 Å². The second kappa shape index (κ2) is 3.38. The van der Waals surface area contributed by atoms with Crippen LogP contribution in [0.5, 0.6) is 0 Å². The Kier molecular flexibility index (Phi) is 2.34. The number of hydrogen-bond acceptors (Lipinski definition) is 2. The fourth-order valence-electron chi connectivity index (χ4n) is 1.96. The number of fused-ring (bicyclic) bond motifs is 1. The van der Waals surface area contributed by atoms with Crippen molar-refractivity contribution in [1.29, 1.82) is 5.26 Å². The maximum atomic E-state index is 9.16. The molecule has 2 rings (SSSR count). The first-order valence-corrected chi connectivity index (χ1v) is 5.26. The number of halogens is 1. The number of hydrogen-bond donors (Lipinski definition) is 0. The fraction of sp³-hybridized carbons (Fsp3) is 0.364. The maximum absolute atomic E-state index is 9.16. The summed E-state index contributed by atoms with van der Waals surface area (Å²) in [6, 6.07) is 8.30. The molecule has 72 valence electrons. The van der Waals surface area contributed by atoms with E-state index in [0.717, 1.165) is 22.9 Å². The van der Waals surface area contributed by atoms with Crippen LogP contribution in [-0.4, -0.2) is 7.11 Å². The Morgan fingerprint density at radius 3 is 3.00 bits per heavy atom. The second-order valence-electron chi connectivity index (χ2n) is 3.44. The molecule has 0 amide bonds. The van der Waals surface area contributed by atoms with Crippen LogP contribution in [0.2, 0.25) is 0 Å². The molecule has 0 saturated carbocycles. The smallest absolute Gasteiger partial charge is 0.179 e. The Morgan fingerprint density at radius 1 is 1.57 bits per heavy atom. The molecule has 2 nitrogen and oxygen atoms in total. The van der Waals surface area contributed by atoms with Gasteiger partial charge in [-0.25, -0.2) is 0 Å². The van der Waals surface area contributed by atoms with Gasteiger partial charge in [-0.05, 0) is 30.5 Å². The third-order valence-electron chi connectivity index (χ3n) is 2.78. The molecular weight excluding hydrogens is 242 g/mol. The molecular formula is C11H10BrNO. The highest BCUT2D eigenvalue weighted by Crippen LogP contribution is 2.40. The summed E-state index contributed by atoms with van der Waals surface area (Å²) < 4.78 is 6.34. The van der Waals surface area contributed by atoms with Gasteiger partial charge in [0, 0.05) is 17.1 Å². The first-order chi connectivity index (χ1) is 6.72. The average Bonchev–Trinajstić information content (AvgIpc) is 2.57. The minimum absolute atomic E-state index is 0.723. The van der Waals surface area contributed by atoms with E-state index in [1.54, 1.807) is 7.11 Å². The molecule has 1 aromatic carbocycles. The zero-order chi connectivity index (χ0) is 10.2. The van der Waals surface area contributed by atoms with E-state index in [1.807, 2.05) is 12.1 Å². The van der Waals surface area contributed by atoms with Crippen molar-refractivity contribution in [3.63, 3.8) is 0 Å². The number of methoxy groups -OCH3 is 1. The van der Waals surface area contributed by atoms with Gasteiger partial charge in [0.05, 0.1) is 0 Å². The molecule has 3 heteroatoms. The van der Waals surface area contributed by atoms with Crippen LogP contribution in [0, 0.1) is 11.3 Å². The van der Waals surface area contributed by atoms with E-state index in [9.17, 15) is 0 Å². The molecule has 1 atom stereocenters. The lowest BCUT2D eigenvalue weighted by Crippen LogP contribution is -2.22. The van der Waals surface area contributed by atoms with Crippen molar-refractivity contribution in [2.24, 2.45) is 0 Å². The van der Waals surface area contributed by atoms with Gasteiger partial charge < -0.3 is 4.74 Å². The van der Waals surface area contributed by atoms with Gasteiger partial charge in [-0.15, -0.1) is 0 Å². The van der Waals surface area contributed by atoms with Gasteiger partial charge in [0.15, 0.2) is 5.60 Å². The van der Waals surface area contributed by atoms with Gasteiger partial charge in [-0.1, -0.05) is 22.0 Å². The molecule has 0 aromatic heterocycles. The molecule has 14 heavy (non-hydrogen) atoms. The monoisotopic (exact) mass is 251 g/mol. The molecule has 0 radical (unpaired) electrons. The molecule has 1 aromatic rings. The molecule has 0 saturated heterocycles. The molecule has 0 bridgehead atoms. The summed E-state index contributed by atoms with van der Waals surface area (Å²) in [5.41, 5.74) is 1.51. The Morgan fingerprint density at radius 2 is 2.36 bits per heavy atom. The summed E-state index contributed by atoms with van der Waals surface area (Å²) in [5, 5.41) is 9.16. The lowest BCUT2D eigenvalue weighted by Gasteiger charge is -2.20. The van der Waals surface area contributed by atoms with Crippen LogP contribution in [0.3, 0.4) is 0 Å². The highest BCUT2D eigenvalue weighted by molar-refractivity contribution is 9.10. The standard InChI is InChI=1S/C11H10BrNO/c1-14-11(7-13)5-4-8-2-3-9(12)6-10(8)11/h2-3,6H,4-5H2,1H3. The van der Waals surface area contributed by atoms with Crippen molar-refractivity contribution < 1.29 is 4.74 Å². The first kappa shape index (κ1) is 9.70. The summed E-state index contributed by atoms with van der Waals surface area (Å²) >= 11 is 3.41. The number of rotatable bonds is 1. The van der Waals surface area contributed by atoms with Gasteiger partial charge in [-0.2, -0.15) is 5.26 Å². The molecule has 0 N–H and O–H groups in total. The fourth-order valence-corrected chi connectivity index (χ4v) is 2.32. The van der Waals surface area contributed by atoms with E-state index in [4.69, 9.17) is 10.00 Å². The number of benzene rings is 1. The quantitative estimate of drug-likeness (QED) is 0.769. The van der Waals surface area contributed by atoms with Crippen LogP contribution in [-0.2, 0) is 16.8 Å². The van der Waals surface area contributed by atoms with Crippen molar-refractivity contribution in [2.75, 3.05) is 7.11 Å². The van der Waals surface area contributed by atoms with E-state index in [0.29, 0.717) is 0 Å². The summed E-state index contributed by atoms with van der Waals surface area (Å²) in [5.74, 6) is 0. The van der Waals surface area contributed by atoms with Crippen LogP contribution < -0.4 is 0 Å². The predicted molar refractivity (Wildman–Crippen MR) is 56.8 cm³/mol. The largest absolute Gasteiger partial charge is 0.359 e. The summed E-state index contributed by atoms with van der Waals surface area (Å²) in [7, 11) is 1.60. The Hall–Kier alpha value is -0.850. The van der Waals surface area contributed by atoms with Crippen molar-refractivity contribution >= 4 is 15.9 Å². The topological polar surface area (TPSA) is 33.0 Å². The average molecular weight is 252 g/mol. The third-order valence-corrected chi connectivity index (χ3v) is 3.28. The Labute approximate surface area is 91.6 Å². The number of nitrogens with zero attached hydrogens (tertiary/aromatic N) is 1. The zero-order valence-corrected chi connectivity index (χ0v) is 9.47. The normalized spacial score (nSPS) is 24.4. The van der Waals surface area contributed by atoms with Gasteiger partial charge in [0.1, 0.15) is 6.07 Å². The number of aryl methyl sites for hydroxylation is 1. The van der Waals surface area contributed by atoms with Crippen LogP contribution in [0.4, 0.5) is 0 Å². The molecule has 0 heterocycles. The van der Waals surface area contributed by atoms with E-state index < -0.39 is 5.60 Å². The minimum atomic E-state index is -0.723. The van der Waals surface area contributed by atoms with E-state index in [2.05, 4.69) is 28.1 Å². The van der Waals surface area contributed by atoms with E-state index in [-0.39, 0.29) is 0 Å².